The van der Waals surface area contributed by atoms with Crippen molar-refractivity contribution in [3.8, 4) is 0 Å². The molecule has 0 radical (unpaired) electrons. The molecule has 1 aromatic rings. The van der Waals surface area contributed by atoms with Gasteiger partial charge in [0.15, 0.2) is 0 Å². The summed E-state index contributed by atoms with van der Waals surface area (Å²) in [6.45, 7) is 4.57. The summed E-state index contributed by atoms with van der Waals surface area (Å²) in [5.41, 5.74) is 0. The molecule has 0 bridgehead atoms. The summed E-state index contributed by atoms with van der Waals surface area (Å²) in [5, 5.41) is 0. The molecule has 0 aliphatic carbocycles. The smallest absolute Gasteiger partial charge is 0.214 e. The van der Waals surface area contributed by atoms with Crippen LogP contribution in [0.25, 0.3) is 0 Å². The van der Waals surface area contributed by atoms with Crippen LogP contribution in [0.2, 0.25) is 0 Å². The number of aryl methyl sites for hydroxylation is 1. The molecule has 7 heteroatoms. The van der Waals surface area contributed by atoms with Crippen LogP contribution in [-0.4, -0.2) is 53.8 Å². The van der Waals surface area contributed by atoms with E-state index in [1.54, 1.807) is 10.5 Å². The van der Waals surface area contributed by atoms with E-state index in [-0.39, 0.29) is 17.7 Å². The average Bonchev–Trinajstić information content (AvgIpc) is 3.13. The van der Waals surface area contributed by atoms with Gasteiger partial charge in [0.25, 0.3) is 0 Å². The minimum Gasteiger partial charge on any atom is -0.381 e. The molecule has 3 heterocycles. The van der Waals surface area contributed by atoms with Crippen LogP contribution in [0.1, 0.15) is 25.1 Å². The summed E-state index contributed by atoms with van der Waals surface area (Å²) in [7, 11) is -3.19. The average molecular weight is 313 g/mol. The van der Waals surface area contributed by atoms with Gasteiger partial charge in [0, 0.05) is 38.1 Å². The Morgan fingerprint density at radius 1 is 1.43 bits per heavy atom. The van der Waals surface area contributed by atoms with Gasteiger partial charge >= 0.3 is 0 Å². The first-order valence-corrected chi connectivity index (χ1v) is 9.22. The third kappa shape index (κ3) is 3.30. The normalized spacial score (nSPS) is 27.5. The molecule has 0 aromatic carbocycles. The molecule has 0 N–H and O–H groups in total. The van der Waals surface area contributed by atoms with Gasteiger partial charge in [0.2, 0.25) is 10.0 Å². The summed E-state index contributed by atoms with van der Waals surface area (Å²) in [6, 6.07) is 0.0604. The maximum atomic E-state index is 12.7. The van der Waals surface area contributed by atoms with E-state index in [2.05, 4.69) is 4.98 Å². The van der Waals surface area contributed by atoms with Crippen LogP contribution in [0.4, 0.5) is 0 Å². The first kappa shape index (κ1) is 15.0. The summed E-state index contributed by atoms with van der Waals surface area (Å²) in [5.74, 6) is 1.32. The van der Waals surface area contributed by atoms with Crippen LogP contribution >= 0.6 is 0 Å². The second-order valence-corrected chi connectivity index (χ2v) is 8.01. The van der Waals surface area contributed by atoms with Crippen molar-refractivity contribution in [1.82, 2.24) is 13.9 Å². The summed E-state index contributed by atoms with van der Waals surface area (Å²) >= 11 is 0. The predicted molar refractivity (Wildman–Crippen MR) is 79.4 cm³/mol. The van der Waals surface area contributed by atoms with E-state index in [1.807, 2.05) is 17.7 Å². The molecule has 2 aliphatic rings. The van der Waals surface area contributed by atoms with E-state index in [9.17, 15) is 8.42 Å². The van der Waals surface area contributed by atoms with Gasteiger partial charge in [-0.1, -0.05) is 0 Å². The largest absolute Gasteiger partial charge is 0.381 e. The topological polar surface area (TPSA) is 64.4 Å². The lowest BCUT2D eigenvalue weighted by atomic mass is 10.2. The summed E-state index contributed by atoms with van der Waals surface area (Å²) < 4.78 is 34.4. The van der Waals surface area contributed by atoms with E-state index in [4.69, 9.17) is 4.74 Å². The Bertz CT molecular complexity index is 578. The van der Waals surface area contributed by atoms with Crippen LogP contribution in [0.3, 0.4) is 0 Å². The molecular formula is C14H23N3O3S. The van der Waals surface area contributed by atoms with E-state index in [0.29, 0.717) is 26.3 Å². The molecule has 0 unspecified atom stereocenters. The van der Waals surface area contributed by atoms with Gasteiger partial charge in [-0.3, -0.25) is 0 Å². The number of hydrogen-bond donors (Lipinski definition) is 0. The van der Waals surface area contributed by atoms with E-state index >= 15 is 0 Å². The van der Waals surface area contributed by atoms with Gasteiger partial charge in [-0.15, -0.1) is 0 Å². The Morgan fingerprint density at radius 3 is 2.95 bits per heavy atom. The molecule has 0 spiro atoms. The molecule has 6 nitrogen and oxygen atoms in total. The van der Waals surface area contributed by atoms with Crippen molar-refractivity contribution < 1.29 is 13.2 Å². The van der Waals surface area contributed by atoms with Crippen LogP contribution in [-0.2, 0) is 21.3 Å². The van der Waals surface area contributed by atoms with Crippen LogP contribution in [0, 0.1) is 12.8 Å². The number of ether oxygens (including phenoxy) is 1. The number of rotatable bonds is 5. The summed E-state index contributed by atoms with van der Waals surface area (Å²) in [6.07, 6.45) is 6.41. The first-order chi connectivity index (χ1) is 10.1. The molecule has 0 saturated carbocycles. The molecule has 0 amide bonds. The maximum Gasteiger partial charge on any atom is 0.214 e. The van der Waals surface area contributed by atoms with Crippen molar-refractivity contribution in [3.63, 3.8) is 0 Å². The standard InChI is InChI=1S/C14H23N3O3S/c1-12-15-5-7-16(12)9-14-3-2-6-17(14)21(18,19)11-13-4-8-20-10-13/h5,7,13-14H,2-4,6,8-11H2,1H3/t13-,14-/m0/s1. The van der Waals surface area contributed by atoms with Gasteiger partial charge in [0.05, 0.1) is 12.4 Å². The van der Waals surface area contributed by atoms with Crippen molar-refractivity contribution >= 4 is 10.0 Å². The zero-order valence-corrected chi connectivity index (χ0v) is 13.3. The monoisotopic (exact) mass is 313 g/mol. The van der Waals surface area contributed by atoms with E-state index < -0.39 is 10.0 Å². The number of imidazole rings is 1. The predicted octanol–water partition coefficient (Wildman–Crippen LogP) is 1.02. The molecular weight excluding hydrogens is 290 g/mol. The van der Waals surface area contributed by atoms with E-state index in [1.165, 1.54) is 0 Å². The highest BCUT2D eigenvalue weighted by molar-refractivity contribution is 7.89. The van der Waals surface area contributed by atoms with Crippen LogP contribution in [0.5, 0.6) is 0 Å². The van der Waals surface area contributed by atoms with Gasteiger partial charge < -0.3 is 9.30 Å². The van der Waals surface area contributed by atoms with Crippen LogP contribution < -0.4 is 0 Å². The highest BCUT2D eigenvalue weighted by Gasteiger charge is 2.36. The minimum absolute atomic E-state index is 0.0604. The highest BCUT2D eigenvalue weighted by atomic mass is 32.2. The lowest BCUT2D eigenvalue weighted by Gasteiger charge is -2.25. The summed E-state index contributed by atoms with van der Waals surface area (Å²) in [4.78, 5) is 4.21. The van der Waals surface area contributed by atoms with Crippen molar-refractivity contribution in [3.05, 3.63) is 18.2 Å². The molecule has 21 heavy (non-hydrogen) atoms. The van der Waals surface area contributed by atoms with Crippen LogP contribution in [0.15, 0.2) is 12.4 Å². The third-order valence-electron chi connectivity index (χ3n) is 4.48. The Kier molecular flexibility index (Phi) is 4.33. The number of hydrogen-bond acceptors (Lipinski definition) is 4. The fourth-order valence-corrected chi connectivity index (χ4v) is 5.37. The van der Waals surface area contributed by atoms with Gasteiger partial charge in [-0.05, 0) is 32.1 Å². The molecule has 118 valence electrons. The quantitative estimate of drug-likeness (QED) is 0.814. The minimum atomic E-state index is -3.19. The molecule has 2 fully saturated rings. The number of aromatic nitrogens is 2. The van der Waals surface area contributed by atoms with Gasteiger partial charge in [-0.2, -0.15) is 4.31 Å². The molecule has 3 rings (SSSR count). The Balaban J connectivity index is 1.69. The zero-order chi connectivity index (χ0) is 14.9. The molecule has 2 aliphatic heterocycles. The molecule has 2 atom stereocenters. The zero-order valence-electron chi connectivity index (χ0n) is 12.4. The first-order valence-electron chi connectivity index (χ1n) is 7.61. The third-order valence-corrected chi connectivity index (χ3v) is 6.57. The van der Waals surface area contributed by atoms with Crippen molar-refractivity contribution in [2.45, 2.75) is 38.8 Å². The second kappa shape index (κ2) is 6.06. The Labute approximate surface area is 126 Å². The lowest BCUT2D eigenvalue weighted by molar-refractivity contribution is 0.188. The lowest BCUT2D eigenvalue weighted by Crippen LogP contribution is -2.40. The van der Waals surface area contributed by atoms with Crippen molar-refractivity contribution in [2.24, 2.45) is 5.92 Å². The maximum absolute atomic E-state index is 12.7. The van der Waals surface area contributed by atoms with Gasteiger partial charge in [0.1, 0.15) is 5.82 Å². The Hall–Kier alpha value is -0.920. The Morgan fingerprint density at radius 2 is 2.29 bits per heavy atom. The fourth-order valence-electron chi connectivity index (χ4n) is 3.29. The molecule has 2 saturated heterocycles. The number of nitrogens with zero attached hydrogens (tertiary/aromatic N) is 3. The van der Waals surface area contributed by atoms with Gasteiger partial charge in [-0.25, -0.2) is 13.4 Å². The highest BCUT2D eigenvalue weighted by Crippen LogP contribution is 2.26. The van der Waals surface area contributed by atoms with Crippen molar-refractivity contribution in [2.75, 3.05) is 25.5 Å². The second-order valence-electron chi connectivity index (χ2n) is 6.04. The SMILES string of the molecule is Cc1nccn1C[C@@H]1CCCN1S(=O)(=O)C[C@H]1CCOC1. The fraction of sp³-hybridized carbons (Fsp3) is 0.786. The molecule has 1 aromatic heterocycles. The van der Waals surface area contributed by atoms with Crippen molar-refractivity contribution in [1.29, 1.82) is 0 Å². The van der Waals surface area contributed by atoms with E-state index in [0.717, 1.165) is 25.1 Å². The number of sulfonamides is 1.